The van der Waals surface area contributed by atoms with Crippen molar-refractivity contribution in [2.24, 2.45) is 0 Å². The number of aliphatic hydroxyl groups excluding tert-OH is 4. The van der Waals surface area contributed by atoms with Gasteiger partial charge in [0, 0.05) is 73.0 Å². The van der Waals surface area contributed by atoms with Crippen LogP contribution < -0.4 is 9.47 Å². The van der Waals surface area contributed by atoms with Crippen LogP contribution in [0.1, 0.15) is 69.7 Å². The van der Waals surface area contributed by atoms with E-state index < -0.39 is 0 Å². The summed E-state index contributed by atoms with van der Waals surface area (Å²) in [4.78, 5) is 12.9. The van der Waals surface area contributed by atoms with Crippen molar-refractivity contribution in [3.8, 4) is 11.5 Å². The third kappa shape index (κ3) is 23.5. The summed E-state index contributed by atoms with van der Waals surface area (Å²) in [6, 6.07) is 6.84. The standard InChI is InChI=1S/C24H43N3O6S2.C15H25NO3S2/c1-24(2,35-34-3)20-27(8-13-33-23-16-21(18-28)25-22(17-23)19-29)7-12-32-15-14-31-11-6-26-4-9-30-10-5-26;1-15(2,21-20-3)6-4-5-7-19-14-8-12(10-17)16-13(9-14)11-18/h16-17,28-29H,4-15,18-20H2,1-3H3;8-9,17-18H,4-7,10-11H2,1-3H3. The van der Waals surface area contributed by atoms with Gasteiger partial charge >= 0.3 is 0 Å². The van der Waals surface area contributed by atoms with Crippen molar-refractivity contribution >= 4 is 43.2 Å². The summed E-state index contributed by atoms with van der Waals surface area (Å²) in [5.41, 5.74) is 2.02. The van der Waals surface area contributed by atoms with Gasteiger partial charge < -0.3 is 44.1 Å². The quantitative estimate of drug-likeness (QED) is 0.0616. The Morgan fingerprint density at radius 2 is 1.14 bits per heavy atom. The molecule has 0 aromatic carbocycles. The molecule has 1 fully saturated rings. The second-order valence-electron chi connectivity index (χ2n) is 14.3. The Bertz CT molecular complexity index is 1270. The molecule has 322 valence electrons. The lowest BCUT2D eigenvalue weighted by Gasteiger charge is -2.31. The van der Waals surface area contributed by atoms with Gasteiger partial charge in [-0.1, -0.05) is 43.2 Å². The van der Waals surface area contributed by atoms with Crippen LogP contribution in [0.3, 0.4) is 0 Å². The smallest absolute Gasteiger partial charge is 0.123 e. The minimum absolute atomic E-state index is 0.0901. The molecule has 1 aliphatic rings. The van der Waals surface area contributed by atoms with Gasteiger partial charge in [0.1, 0.15) is 18.1 Å². The lowest BCUT2D eigenvalue weighted by atomic mass is 10.1. The summed E-state index contributed by atoms with van der Waals surface area (Å²) in [5.74, 6) is 1.27. The normalized spacial score (nSPS) is 13.8. The van der Waals surface area contributed by atoms with E-state index in [1.165, 1.54) is 0 Å². The molecule has 56 heavy (non-hydrogen) atoms. The molecule has 4 N–H and O–H groups in total. The highest BCUT2D eigenvalue weighted by Crippen LogP contribution is 2.37. The van der Waals surface area contributed by atoms with Gasteiger partial charge in [-0.3, -0.25) is 19.8 Å². The second-order valence-corrected chi connectivity index (χ2v) is 20.5. The fourth-order valence-electron chi connectivity index (χ4n) is 5.73. The topological polar surface area (TPSA) is 159 Å². The van der Waals surface area contributed by atoms with Crippen LogP contribution in [0.4, 0.5) is 0 Å². The minimum atomic E-state index is -0.190. The van der Waals surface area contributed by atoms with Crippen molar-refractivity contribution in [3.63, 3.8) is 0 Å². The first kappa shape index (κ1) is 51.1. The molecule has 1 saturated heterocycles. The average molecular weight is 865 g/mol. The lowest BCUT2D eigenvalue weighted by molar-refractivity contribution is 0.00544. The van der Waals surface area contributed by atoms with Crippen LogP contribution in [-0.4, -0.2) is 154 Å². The van der Waals surface area contributed by atoms with Crippen LogP contribution in [0.25, 0.3) is 0 Å². The van der Waals surface area contributed by atoms with E-state index in [9.17, 15) is 10.2 Å². The third-order valence-corrected chi connectivity index (χ3v) is 13.7. The van der Waals surface area contributed by atoms with Crippen LogP contribution in [0.2, 0.25) is 0 Å². The summed E-state index contributed by atoms with van der Waals surface area (Å²) in [6.07, 6.45) is 7.47. The Labute approximate surface area is 351 Å². The predicted molar refractivity (Wildman–Crippen MR) is 233 cm³/mol. The zero-order valence-electron chi connectivity index (χ0n) is 34.4. The molecular formula is C39H68N4O9S4. The van der Waals surface area contributed by atoms with Crippen molar-refractivity contribution in [2.75, 3.05) is 105 Å². The number of aromatic nitrogens is 2. The fraction of sp³-hybridized carbons (Fsp3) is 0.744. The molecule has 2 aromatic heterocycles. The first-order valence-electron chi connectivity index (χ1n) is 19.3. The maximum atomic E-state index is 9.38. The summed E-state index contributed by atoms with van der Waals surface area (Å²) in [6.45, 7) is 19.0. The molecule has 0 aliphatic carbocycles. The van der Waals surface area contributed by atoms with E-state index in [1.54, 1.807) is 35.1 Å². The molecule has 0 spiro atoms. The molecule has 0 atom stereocenters. The second kappa shape index (κ2) is 30.0. The van der Waals surface area contributed by atoms with Crippen molar-refractivity contribution in [3.05, 3.63) is 47.0 Å². The van der Waals surface area contributed by atoms with Crippen molar-refractivity contribution in [1.29, 1.82) is 0 Å². The highest BCUT2D eigenvalue weighted by Gasteiger charge is 2.23. The average Bonchev–Trinajstić information content (AvgIpc) is 3.18. The minimum Gasteiger partial charge on any atom is -0.493 e. The van der Waals surface area contributed by atoms with Crippen molar-refractivity contribution in [1.82, 2.24) is 19.8 Å². The number of ether oxygens (including phenoxy) is 5. The zero-order chi connectivity index (χ0) is 41.1. The van der Waals surface area contributed by atoms with E-state index in [4.69, 9.17) is 33.9 Å². The number of nitrogens with zero attached hydrogens (tertiary/aromatic N) is 4. The van der Waals surface area contributed by atoms with Crippen molar-refractivity contribution < 1.29 is 44.1 Å². The molecular weight excluding hydrogens is 797 g/mol. The molecule has 2 aromatic rings. The molecule has 3 heterocycles. The molecule has 0 bridgehead atoms. The van der Waals surface area contributed by atoms with Crippen LogP contribution in [0.15, 0.2) is 24.3 Å². The predicted octanol–water partition coefficient (Wildman–Crippen LogP) is 5.31. The Balaban J connectivity index is 0.000000440. The number of aliphatic hydroxyl groups is 4. The van der Waals surface area contributed by atoms with E-state index >= 15 is 0 Å². The fourth-order valence-corrected chi connectivity index (χ4v) is 10.2. The maximum Gasteiger partial charge on any atom is 0.123 e. The van der Waals surface area contributed by atoms with Gasteiger partial charge in [0.2, 0.25) is 0 Å². The molecule has 13 nitrogen and oxygen atoms in total. The highest BCUT2D eigenvalue weighted by molar-refractivity contribution is 8.77. The molecule has 0 unspecified atom stereocenters. The van der Waals surface area contributed by atoms with E-state index in [2.05, 4.69) is 60.0 Å². The molecule has 17 heteroatoms. The van der Waals surface area contributed by atoms with E-state index in [0.717, 1.165) is 78.4 Å². The van der Waals surface area contributed by atoms with E-state index in [-0.39, 0.29) is 31.2 Å². The van der Waals surface area contributed by atoms with Crippen molar-refractivity contribution in [2.45, 2.75) is 82.9 Å². The van der Waals surface area contributed by atoms with Gasteiger partial charge in [0.25, 0.3) is 0 Å². The van der Waals surface area contributed by atoms with Gasteiger partial charge in [-0.25, -0.2) is 0 Å². The summed E-state index contributed by atoms with van der Waals surface area (Å²) >= 11 is 0. The van der Waals surface area contributed by atoms with E-state index in [0.29, 0.717) is 72.1 Å². The van der Waals surface area contributed by atoms with Crippen LogP contribution in [0.5, 0.6) is 11.5 Å². The Morgan fingerprint density at radius 1 is 0.661 bits per heavy atom. The number of rotatable bonds is 29. The van der Waals surface area contributed by atoms with Crippen LogP contribution >= 0.6 is 43.2 Å². The van der Waals surface area contributed by atoms with Gasteiger partial charge in [-0.05, 0) is 59.5 Å². The zero-order valence-corrected chi connectivity index (χ0v) is 37.7. The van der Waals surface area contributed by atoms with Gasteiger partial charge in [0.15, 0.2) is 0 Å². The first-order valence-corrected chi connectivity index (χ1v) is 24.4. The molecule has 1 aliphatic heterocycles. The van der Waals surface area contributed by atoms with Gasteiger partial charge in [-0.2, -0.15) is 0 Å². The Hall–Kier alpha value is -1.06. The Kier molecular flexibility index (Phi) is 27.4. The Morgan fingerprint density at radius 3 is 1.66 bits per heavy atom. The monoisotopic (exact) mass is 864 g/mol. The molecule has 0 amide bonds. The third-order valence-electron chi connectivity index (χ3n) is 8.38. The number of morpholine rings is 1. The number of unbranched alkanes of at least 4 members (excludes halogenated alkanes) is 1. The lowest BCUT2D eigenvalue weighted by Crippen LogP contribution is -2.40. The highest BCUT2D eigenvalue weighted by atomic mass is 33.1. The molecule has 3 rings (SSSR count). The molecule has 0 saturated carbocycles. The number of hydrogen-bond acceptors (Lipinski definition) is 17. The van der Waals surface area contributed by atoms with Crippen LogP contribution in [-0.2, 0) is 40.6 Å². The number of hydrogen-bond donors (Lipinski definition) is 4. The number of pyridine rings is 2. The first-order chi connectivity index (χ1) is 27.0. The largest absolute Gasteiger partial charge is 0.493 e. The molecule has 0 radical (unpaired) electrons. The summed E-state index contributed by atoms with van der Waals surface area (Å²) < 4.78 is 28.9. The van der Waals surface area contributed by atoms with E-state index in [1.807, 2.05) is 32.4 Å². The SMILES string of the molecule is CSSC(C)(C)CCCCOc1cc(CO)nc(CO)c1.CSSC(C)(C)CN(CCOCCOCCN1CCOCC1)CCOc1cc(CO)nc(CO)c1. The van der Waals surface area contributed by atoms with Gasteiger partial charge in [-0.15, -0.1) is 0 Å². The van der Waals surface area contributed by atoms with Gasteiger partial charge in [0.05, 0.1) is 95.5 Å². The maximum absolute atomic E-state index is 9.38. The van der Waals surface area contributed by atoms with Crippen LogP contribution in [0, 0.1) is 0 Å². The summed E-state index contributed by atoms with van der Waals surface area (Å²) in [7, 11) is 7.36. The summed E-state index contributed by atoms with van der Waals surface area (Å²) in [5, 5.41) is 37.0.